The summed E-state index contributed by atoms with van der Waals surface area (Å²) in [5.74, 6) is -0.748. The molecule has 2 atom stereocenters. The molecule has 0 radical (unpaired) electrons. The molecule has 0 N–H and O–H groups in total. The van der Waals surface area contributed by atoms with Crippen molar-refractivity contribution in [1.29, 1.82) is 0 Å². The normalized spacial score (nSPS) is 14.2. The number of fused-ring (bicyclic) bond motifs is 6. The van der Waals surface area contributed by atoms with E-state index in [9.17, 15) is 26.4 Å². The molecule has 0 aliphatic carbocycles. The summed E-state index contributed by atoms with van der Waals surface area (Å²) in [5.41, 5.74) is 12.0. The number of rotatable bonds is 13. The van der Waals surface area contributed by atoms with Crippen LogP contribution in [-0.4, -0.2) is 60.9 Å². The number of esters is 2. The molecule has 16 nitrogen and oxygen atoms in total. The summed E-state index contributed by atoms with van der Waals surface area (Å²) in [4.78, 5) is 33.6. The fourth-order valence-corrected chi connectivity index (χ4v) is 14.2. The minimum atomic E-state index is -3.93. The highest BCUT2D eigenvalue weighted by Gasteiger charge is 2.30. The van der Waals surface area contributed by atoms with Gasteiger partial charge < -0.3 is 28.4 Å². The number of carbonyl (C=O) groups is 2. The summed E-state index contributed by atoms with van der Waals surface area (Å²) in [6, 6.07) is 61.0. The number of aryl methyl sites for hydroxylation is 2. The third-order valence-corrected chi connectivity index (χ3v) is 19.7. The Morgan fingerprint density at radius 3 is 1.51 bits per heavy atom. The maximum absolute atomic E-state index is 13.9. The number of hydrogen-bond acceptors (Lipinski definition) is 14. The number of carbonyl (C=O) groups excluding carboxylic acids is 2. The smallest absolute Gasteiger partial charge is 0.338 e. The van der Waals surface area contributed by atoms with E-state index >= 15 is 0 Å². The monoisotopic (exact) mass is 1350 g/mol. The molecule has 8 aromatic carbocycles. The predicted molar refractivity (Wildman–Crippen MR) is 354 cm³/mol. The minimum absolute atomic E-state index is 0. The lowest BCUT2D eigenvalue weighted by atomic mass is 9.96. The largest absolute Gasteiger partial charge is 0.465 e. The van der Waals surface area contributed by atoms with Crippen molar-refractivity contribution in [1.82, 2.24) is 17.9 Å². The Hall–Kier alpha value is -8.93. The van der Waals surface area contributed by atoms with Crippen molar-refractivity contribution in [2.24, 2.45) is 0 Å². The van der Waals surface area contributed by atoms with Crippen LogP contribution in [-0.2, 0) is 74.9 Å². The molecule has 0 spiro atoms. The first kappa shape index (κ1) is 62.7. The van der Waals surface area contributed by atoms with Crippen molar-refractivity contribution < 1.29 is 54.8 Å². The second-order valence-electron chi connectivity index (χ2n) is 21.2. The Labute approximate surface area is 534 Å². The molecule has 0 saturated heterocycles. The van der Waals surface area contributed by atoms with Crippen molar-refractivity contribution in [2.75, 3.05) is 14.2 Å². The minimum Gasteiger partial charge on any atom is -0.465 e. The molecule has 2 aliphatic heterocycles. The van der Waals surface area contributed by atoms with Crippen LogP contribution in [0.15, 0.2) is 222 Å². The van der Waals surface area contributed by atoms with Gasteiger partial charge in [0.25, 0.3) is 20.0 Å². The second-order valence-corrected chi connectivity index (χ2v) is 25.9. The van der Waals surface area contributed by atoms with E-state index in [4.69, 9.17) is 33.7 Å². The van der Waals surface area contributed by atoms with Crippen molar-refractivity contribution in [2.45, 2.75) is 70.1 Å². The third kappa shape index (κ3) is 12.7. The molecular weight excluding hydrogens is 1290 g/mol. The molecule has 0 saturated carbocycles. The number of nitrogens with zero attached hydrogens (tertiary/aromatic N) is 4. The SMILES string of the molecule is C.COC(=O)c1ccccc1-c1cc(COC2OCc3cc4ccccc4nc32)c2c(ccn2S(=O)(=O)c2ccc(C)cc2)c1.COC(=O)c1ccccc1I.Cc1ccc(S(=O)(=O)n2ccc3cccc(COC4OCc5cc6ccccc6nc54)c32)cc1. The first-order chi connectivity index (χ1) is 43.1. The molecule has 90 heavy (non-hydrogen) atoms. The standard InChI is InChI=1S/C35H28N2O6S.C27H22N2O4S.C8H7IO2.CH4/c1-22-11-13-28(14-12-22)44(39,40)37-16-15-24-18-25(29-8-4-5-9-30(29)34(38)41-2)19-27(33(24)37)21-43-35-32-26(20-42-35)17-23-7-3-6-10-31(23)36-32;1-18-9-11-23(12-10-18)34(30,31)29-14-13-19-6-4-7-21(26(19)29)16-32-27-25-22(17-33-27)15-20-5-2-3-8-24(20)28-25;1-11-8(10)6-4-2-3-5-7(6)9;/h3-19,35H,20-21H2,1-2H3;2-15,27H,16-17H2,1H3;2-5H,1H3;1H4. The van der Waals surface area contributed by atoms with Gasteiger partial charge in [0, 0.05) is 59.8 Å². The first-order valence-corrected chi connectivity index (χ1v) is 32.2. The maximum Gasteiger partial charge on any atom is 0.338 e. The molecule has 0 fully saturated rings. The van der Waals surface area contributed by atoms with Crippen LogP contribution in [0.3, 0.4) is 0 Å². The van der Waals surface area contributed by atoms with E-state index in [1.165, 1.54) is 22.2 Å². The highest BCUT2D eigenvalue weighted by molar-refractivity contribution is 14.1. The lowest BCUT2D eigenvalue weighted by Gasteiger charge is -2.17. The molecule has 0 amide bonds. The quantitative estimate of drug-likeness (QED) is 0.0781. The first-order valence-electron chi connectivity index (χ1n) is 28.2. The number of hydrogen-bond donors (Lipinski definition) is 0. The van der Waals surface area contributed by atoms with Gasteiger partial charge in [-0.2, -0.15) is 0 Å². The Morgan fingerprint density at radius 1 is 0.511 bits per heavy atom. The van der Waals surface area contributed by atoms with E-state index in [2.05, 4.69) is 39.5 Å². The van der Waals surface area contributed by atoms with Gasteiger partial charge in [0.15, 0.2) is 0 Å². The number of pyridine rings is 2. The van der Waals surface area contributed by atoms with Gasteiger partial charge in [-0.1, -0.05) is 128 Å². The zero-order chi connectivity index (χ0) is 62.0. The van der Waals surface area contributed by atoms with E-state index in [0.717, 1.165) is 69.8 Å². The fourth-order valence-electron chi connectivity index (χ4n) is 10.8. The van der Waals surface area contributed by atoms with Gasteiger partial charge in [-0.3, -0.25) is 0 Å². The fraction of sp³-hybridized carbons (Fsp3) is 0.155. The molecule has 2 aliphatic rings. The van der Waals surface area contributed by atoms with Crippen LogP contribution >= 0.6 is 22.6 Å². The zero-order valence-electron chi connectivity index (χ0n) is 48.6. The molecule has 14 rings (SSSR count). The number of methoxy groups -OCH3 is 2. The van der Waals surface area contributed by atoms with E-state index in [0.29, 0.717) is 57.6 Å². The van der Waals surface area contributed by atoms with Crippen LogP contribution in [0.2, 0.25) is 0 Å². The lowest BCUT2D eigenvalue weighted by Crippen LogP contribution is -2.13. The van der Waals surface area contributed by atoms with E-state index in [1.807, 2.05) is 123 Å². The van der Waals surface area contributed by atoms with Crippen molar-refractivity contribution >= 4 is 98.2 Å². The second kappa shape index (κ2) is 26.6. The predicted octanol–water partition coefficient (Wildman–Crippen LogP) is 15.1. The van der Waals surface area contributed by atoms with Gasteiger partial charge in [0.2, 0.25) is 12.6 Å². The van der Waals surface area contributed by atoms with Crippen molar-refractivity contribution in [3.8, 4) is 11.1 Å². The topological polar surface area (TPSA) is 193 Å². The number of halogens is 1. The maximum atomic E-state index is 13.9. The molecule has 0 bridgehead atoms. The molecular formula is C71H61IN4O12S2. The summed E-state index contributed by atoms with van der Waals surface area (Å²) >= 11 is 2.10. The summed E-state index contributed by atoms with van der Waals surface area (Å²) in [7, 11) is -4.96. The average Bonchev–Trinajstić information content (AvgIpc) is 1.98. The molecule has 456 valence electrons. The Kier molecular flexibility index (Phi) is 18.6. The van der Waals surface area contributed by atoms with Crippen LogP contribution in [0.5, 0.6) is 0 Å². The van der Waals surface area contributed by atoms with Gasteiger partial charge in [-0.25, -0.2) is 44.3 Å². The van der Waals surface area contributed by atoms with Gasteiger partial charge >= 0.3 is 11.9 Å². The zero-order valence-corrected chi connectivity index (χ0v) is 52.4. The van der Waals surface area contributed by atoms with Crippen LogP contribution in [0.25, 0.3) is 54.7 Å². The van der Waals surface area contributed by atoms with Crippen molar-refractivity contribution in [3.05, 3.63) is 272 Å². The molecule has 12 aromatic rings. The Bertz CT molecular complexity index is 4920. The van der Waals surface area contributed by atoms with Gasteiger partial charge in [-0.05, 0) is 139 Å². The van der Waals surface area contributed by atoms with E-state index in [1.54, 1.807) is 91.3 Å². The van der Waals surface area contributed by atoms with Crippen LogP contribution in [0.1, 0.15) is 85.5 Å². The number of aromatic nitrogens is 4. The average molecular weight is 1350 g/mol. The molecule has 2 unspecified atom stereocenters. The van der Waals surface area contributed by atoms with Gasteiger partial charge in [0.1, 0.15) is 11.4 Å². The number of ether oxygens (including phenoxy) is 6. The highest BCUT2D eigenvalue weighted by atomic mass is 127. The number of para-hydroxylation sites is 3. The molecule has 6 heterocycles. The third-order valence-electron chi connectivity index (χ3n) is 15.3. The Morgan fingerprint density at radius 2 is 0.967 bits per heavy atom. The van der Waals surface area contributed by atoms with Crippen LogP contribution in [0, 0.1) is 17.4 Å². The van der Waals surface area contributed by atoms with E-state index in [-0.39, 0.29) is 36.4 Å². The summed E-state index contributed by atoms with van der Waals surface area (Å²) in [5, 5.41) is 3.59. The van der Waals surface area contributed by atoms with E-state index < -0.39 is 38.6 Å². The highest BCUT2D eigenvalue weighted by Crippen LogP contribution is 2.38. The van der Waals surface area contributed by atoms with Gasteiger partial charge in [0.05, 0.1) is 83.6 Å². The number of benzene rings is 8. The summed E-state index contributed by atoms with van der Waals surface area (Å²) in [6.07, 6.45) is 1.81. The summed E-state index contributed by atoms with van der Waals surface area (Å²) in [6.45, 7) is 4.83. The van der Waals surface area contributed by atoms with Crippen LogP contribution in [0.4, 0.5) is 0 Å². The molecule has 4 aromatic heterocycles. The van der Waals surface area contributed by atoms with Crippen molar-refractivity contribution in [3.63, 3.8) is 0 Å². The van der Waals surface area contributed by atoms with Gasteiger partial charge in [-0.15, -0.1) is 0 Å². The van der Waals surface area contributed by atoms with Crippen LogP contribution < -0.4 is 0 Å². The summed E-state index contributed by atoms with van der Waals surface area (Å²) < 4.78 is 92.1. The molecule has 19 heteroatoms. The lowest BCUT2D eigenvalue weighted by molar-refractivity contribution is -0.147. The Balaban J connectivity index is 0.000000160.